The molecule has 0 aliphatic heterocycles. The Kier molecular flexibility index (Phi) is 3.55. The first-order valence-corrected chi connectivity index (χ1v) is 6.68. The Bertz CT molecular complexity index is 748. The van der Waals surface area contributed by atoms with Gasteiger partial charge in [0.15, 0.2) is 0 Å². The lowest BCUT2D eigenvalue weighted by Crippen LogP contribution is -2.11. The summed E-state index contributed by atoms with van der Waals surface area (Å²) in [4.78, 5) is 10.9. The molecule has 0 atom stereocenters. The third-order valence-corrected chi connectivity index (χ3v) is 3.43. The van der Waals surface area contributed by atoms with Crippen LogP contribution in [0.3, 0.4) is 0 Å². The van der Waals surface area contributed by atoms with Crippen molar-refractivity contribution >= 4 is 34.8 Å². The molecule has 20 heavy (non-hydrogen) atoms. The Morgan fingerprint density at radius 1 is 1.35 bits per heavy atom. The second kappa shape index (κ2) is 5.02. The number of hydrogen-bond acceptors (Lipinski definition) is 5. The zero-order valence-electron chi connectivity index (χ0n) is 11.3. The normalized spacial score (nSPS) is 12.4. The number of nitriles is 1. The van der Waals surface area contributed by atoms with Crippen LogP contribution in [0.2, 0.25) is 0 Å². The molecule has 1 aromatic heterocycles. The van der Waals surface area contributed by atoms with E-state index in [9.17, 15) is 4.79 Å². The lowest BCUT2D eigenvalue weighted by atomic mass is 9.85. The van der Waals surface area contributed by atoms with Crippen LogP contribution in [0.15, 0.2) is 17.7 Å². The summed E-state index contributed by atoms with van der Waals surface area (Å²) in [6.45, 7) is 6.23. The molecule has 0 aliphatic rings. The first kappa shape index (κ1) is 14.2. The molecule has 0 amide bonds. The minimum atomic E-state index is -1.25. The molecule has 2 rings (SSSR count). The Morgan fingerprint density at radius 3 is 2.55 bits per heavy atom. The van der Waals surface area contributed by atoms with Crippen molar-refractivity contribution in [3.05, 3.63) is 28.8 Å². The van der Waals surface area contributed by atoms with E-state index in [0.717, 1.165) is 22.8 Å². The molecule has 0 radical (unpaired) electrons. The second-order valence-corrected chi connectivity index (χ2v) is 5.92. The smallest absolute Gasteiger partial charge is 0.346 e. The van der Waals surface area contributed by atoms with Gasteiger partial charge in [0.2, 0.25) is 0 Å². The van der Waals surface area contributed by atoms with Crippen molar-refractivity contribution in [1.82, 2.24) is 8.75 Å². The zero-order chi connectivity index (χ0) is 14.9. The van der Waals surface area contributed by atoms with Crippen LogP contribution in [0, 0.1) is 11.3 Å². The molecule has 1 aromatic carbocycles. The molecule has 0 unspecified atom stereocenters. The molecule has 0 fully saturated rings. The standard InChI is InChI=1S/C14H13N3O2S/c1-14(2,3)10-5-4-8(6-9(7-15)13(18)19)11-12(10)17-20-16-11/h4-6H,1-3H3,(H,18,19)/b9-6+. The van der Waals surface area contributed by atoms with E-state index in [0.29, 0.717) is 11.1 Å². The average molecular weight is 287 g/mol. The van der Waals surface area contributed by atoms with E-state index >= 15 is 0 Å². The van der Waals surface area contributed by atoms with Gasteiger partial charge in [0, 0.05) is 5.56 Å². The van der Waals surface area contributed by atoms with E-state index in [2.05, 4.69) is 29.5 Å². The predicted octanol–water partition coefficient (Wildman–Crippen LogP) is 2.98. The minimum absolute atomic E-state index is 0.0822. The summed E-state index contributed by atoms with van der Waals surface area (Å²) < 4.78 is 8.52. The van der Waals surface area contributed by atoms with Crippen molar-refractivity contribution in [2.24, 2.45) is 0 Å². The van der Waals surface area contributed by atoms with E-state index in [1.807, 2.05) is 6.07 Å². The van der Waals surface area contributed by atoms with Crippen molar-refractivity contribution in [2.45, 2.75) is 26.2 Å². The molecule has 0 spiro atoms. The monoisotopic (exact) mass is 287 g/mol. The summed E-state index contributed by atoms with van der Waals surface area (Å²) >= 11 is 1.08. The number of carbonyl (C=O) groups is 1. The minimum Gasteiger partial charge on any atom is -0.477 e. The fourth-order valence-corrected chi connectivity index (χ4v) is 2.49. The number of carboxylic acids is 1. The lowest BCUT2D eigenvalue weighted by molar-refractivity contribution is -0.132. The predicted molar refractivity (Wildman–Crippen MR) is 77.3 cm³/mol. The van der Waals surface area contributed by atoms with Crippen LogP contribution in [-0.4, -0.2) is 19.8 Å². The summed E-state index contributed by atoms with van der Waals surface area (Å²) in [5.41, 5.74) is 2.65. The molecule has 6 heteroatoms. The Balaban J connectivity index is 2.68. The van der Waals surface area contributed by atoms with Gasteiger partial charge in [-0.15, -0.1) is 0 Å². The van der Waals surface area contributed by atoms with Crippen molar-refractivity contribution in [2.75, 3.05) is 0 Å². The van der Waals surface area contributed by atoms with E-state index in [1.54, 1.807) is 12.1 Å². The van der Waals surface area contributed by atoms with Gasteiger partial charge in [-0.3, -0.25) is 0 Å². The van der Waals surface area contributed by atoms with Crippen LogP contribution in [0.5, 0.6) is 0 Å². The highest BCUT2D eigenvalue weighted by molar-refractivity contribution is 7.00. The number of nitrogens with zero attached hydrogens (tertiary/aromatic N) is 3. The highest BCUT2D eigenvalue weighted by atomic mass is 32.1. The summed E-state index contributed by atoms with van der Waals surface area (Å²) in [6, 6.07) is 5.36. The fourth-order valence-electron chi connectivity index (χ4n) is 1.90. The van der Waals surface area contributed by atoms with E-state index in [1.165, 1.54) is 6.08 Å². The molecule has 1 N–H and O–H groups in total. The molecule has 102 valence electrons. The summed E-state index contributed by atoms with van der Waals surface area (Å²) in [5.74, 6) is -1.25. The van der Waals surface area contributed by atoms with E-state index < -0.39 is 5.97 Å². The molecular weight excluding hydrogens is 274 g/mol. The molecule has 0 bridgehead atoms. The highest BCUT2D eigenvalue weighted by Crippen LogP contribution is 2.31. The van der Waals surface area contributed by atoms with Gasteiger partial charge in [-0.25, -0.2) is 4.79 Å². The van der Waals surface area contributed by atoms with Gasteiger partial charge in [0.05, 0.1) is 11.7 Å². The van der Waals surface area contributed by atoms with E-state index in [-0.39, 0.29) is 11.0 Å². The Labute approximate surface area is 120 Å². The maximum absolute atomic E-state index is 10.9. The van der Waals surface area contributed by atoms with Gasteiger partial charge in [0.1, 0.15) is 22.7 Å². The third-order valence-electron chi connectivity index (χ3n) is 2.91. The first-order valence-electron chi connectivity index (χ1n) is 5.95. The number of fused-ring (bicyclic) bond motifs is 1. The van der Waals surface area contributed by atoms with Crippen molar-refractivity contribution in [3.63, 3.8) is 0 Å². The van der Waals surface area contributed by atoms with Crippen LogP contribution in [0.4, 0.5) is 0 Å². The van der Waals surface area contributed by atoms with Crippen molar-refractivity contribution < 1.29 is 9.90 Å². The van der Waals surface area contributed by atoms with E-state index in [4.69, 9.17) is 10.4 Å². The van der Waals surface area contributed by atoms with Crippen LogP contribution in [-0.2, 0) is 10.2 Å². The third kappa shape index (κ3) is 2.53. The molecule has 0 saturated carbocycles. The van der Waals surface area contributed by atoms with Crippen molar-refractivity contribution in [1.29, 1.82) is 5.26 Å². The highest BCUT2D eigenvalue weighted by Gasteiger charge is 2.20. The maximum atomic E-state index is 10.9. The van der Waals surface area contributed by atoms with Gasteiger partial charge >= 0.3 is 5.97 Å². The van der Waals surface area contributed by atoms with Gasteiger partial charge < -0.3 is 5.11 Å². The van der Waals surface area contributed by atoms with Crippen LogP contribution in [0.25, 0.3) is 17.1 Å². The second-order valence-electron chi connectivity index (χ2n) is 5.39. The number of aromatic nitrogens is 2. The van der Waals surface area contributed by atoms with Gasteiger partial charge in [-0.2, -0.15) is 14.0 Å². The lowest BCUT2D eigenvalue weighted by Gasteiger charge is -2.19. The molecule has 2 aromatic rings. The number of rotatable bonds is 2. The summed E-state index contributed by atoms with van der Waals surface area (Å²) in [5, 5.41) is 17.7. The van der Waals surface area contributed by atoms with Gasteiger partial charge in [-0.05, 0) is 17.1 Å². The molecule has 0 saturated heterocycles. The molecule has 0 aliphatic carbocycles. The molecule has 1 heterocycles. The fraction of sp³-hybridized carbons (Fsp3) is 0.286. The number of carboxylic acid groups (broad SMARTS) is 1. The van der Waals surface area contributed by atoms with Crippen LogP contribution in [0.1, 0.15) is 31.9 Å². The molecule has 5 nitrogen and oxygen atoms in total. The molecular formula is C14H13N3O2S. The number of benzene rings is 1. The Morgan fingerprint density at radius 2 is 2.00 bits per heavy atom. The summed E-state index contributed by atoms with van der Waals surface area (Å²) in [7, 11) is 0. The van der Waals surface area contributed by atoms with Crippen LogP contribution >= 0.6 is 11.7 Å². The zero-order valence-corrected chi connectivity index (χ0v) is 12.2. The van der Waals surface area contributed by atoms with Crippen molar-refractivity contribution in [3.8, 4) is 6.07 Å². The summed E-state index contributed by atoms with van der Waals surface area (Å²) in [6.07, 6.45) is 1.33. The average Bonchev–Trinajstić information content (AvgIpc) is 2.82. The van der Waals surface area contributed by atoms with Crippen LogP contribution < -0.4 is 0 Å². The largest absolute Gasteiger partial charge is 0.477 e. The van der Waals surface area contributed by atoms with Gasteiger partial charge in [0.25, 0.3) is 0 Å². The maximum Gasteiger partial charge on any atom is 0.346 e. The number of hydrogen-bond donors (Lipinski definition) is 1. The topological polar surface area (TPSA) is 86.9 Å². The number of aliphatic carboxylic acids is 1. The quantitative estimate of drug-likeness (QED) is 0.677. The van der Waals surface area contributed by atoms with Gasteiger partial charge in [-0.1, -0.05) is 32.9 Å². The SMILES string of the molecule is CC(C)(C)c1ccc(/C=C(\C#N)C(=O)O)c2nsnc12. The first-order chi connectivity index (χ1) is 9.34. The Hall–Kier alpha value is -2.26.